The van der Waals surface area contributed by atoms with Crippen LogP contribution in [0.3, 0.4) is 0 Å². The molecule has 1 fully saturated rings. The number of carbonyl (C=O) groups is 3. The van der Waals surface area contributed by atoms with E-state index in [9.17, 15) is 14.4 Å². The van der Waals surface area contributed by atoms with Crippen LogP contribution in [-0.2, 0) is 14.4 Å². The van der Waals surface area contributed by atoms with Gasteiger partial charge in [-0.1, -0.05) is 0 Å². The lowest BCUT2D eigenvalue weighted by molar-refractivity contribution is -0.147. The Morgan fingerprint density at radius 1 is 1.17 bits per heavy atom. The van der Waals surface area contributed by atoms with Gasteiger partial charge in [0, 0.05) is 5.69 Å². The number of rotatable bonds is 5. The van der Waals surface area contributed by atoms with Crippen molar-refractivity contribution in [2.75, 3.05) is 18.5 Å². The summed E-state index contributed by atoms with van der Waals surface area (Å²) in [7, 11) is 0. The smallest absolute Gasteiger partial charge is 0.244 e. The minimum atomic E-state index is -0.401. The van der Waals surface area contributed by atoms with Crippen LogP contribution in [-0.4, -0.2) is 46.3 Å². The van der Waals surface area contributed by atoms with Crippen LogP contribution in [0, 0.1) is 0 Å². The van der Waals surface area contributed by atoms with E-state index in [0.717, 1.165) is 4.90 Å². The first-order valence-corrected chi connectivity index (χ1v) is 8.40. The van der Waals surface area contributed by atoms with E-state index in [-0.39, 0.29) is 28.9 Å². The predicted octanol–water partition coefficient (Wildman–Crippen LogP) is 1.90. The van der Waals surface area contributed by atoms with Gasteiger partial charge in [-0.05, 0) is 45.0 Å². The number of imide groups is 1. The van der Waals surface area contributed by atoms with Crippen molar-refractivity contribution in [3.05, 3.63) is 24.3 Å². The summed E-state index contributed by atoms with van der Waals surface area (Å²) in [6, 6.07) is 6.92. The quantitative estimate of drug-likeness (QED) is 0.831. The van der Waals surface area contributed by atoms with Gasteiger partial charge in [-0.25, -0.2) is 0 Å². The fraction of sp³-hybridized carbons (Fsp3) is 0.438. The average Bonchev–Trinajstić information content (AvgIpc) is 2.52. The molecule has 2 atom stereocenters. The summed E-state index contributed by atoms with van der Waals surface area (Å²) in [6.45, 7) is 5.68. The Morgan fingerprint density at radius 2 is 1.74 bits per heavy atom. The molecule has 3 amide bonds. The summed E-state index contributed by atoms with van der Waals surface area (Å²) in [5.41, 5.74) is 0.589. The molecule has 0 saturated carbocycles. The molecule has 0 bridgehead atoms. The molecule has 124 valence electrons. The van der Waals surface area contributed by atoms with Gasteiger partial charge in [0.05, 0.1) is 17.1 Å². The molecule has 6 nitrogen and oxygen atoms in total. The van der Waals surface area contributed by atoms with Gasteiger partial charge in [0.2, 0.25) is 17.7 Å². The lowest BCUT2D eigenvalue weighted by atomic mass is 10.2. The van der Waals surface area contributed by atoms with E-state index in [0.29, 0.717) is 18.0 Å². The Hall–Kier alpha value is -2.02. The van der Waals surface area contributed by atoms with Crippen molar-refractivity contribution >= 4 is 35.2 Å². The Bertz CT molecular complexity index is 583. The molecule has 1 saturated heterocycles. The van der Waals surface area contributed by atoms with Crippen LogP contribution in [0.4, 0.5) is 5.69 Å². The minimum absolute atomic E-state index is 0.264. The number of anilines is 1. The highest BCUT2D eigenvalue weighted by molar-refractivity contribution is 8.02. The predicted molar refractivity (Wildman–Crippen MR) is 89.5 cm³/mol. The Kier molecular flexibility index (Phi) is 5.65. The zero-order valence-electron chi connectivity index (χ0n) is 13.4. The summed E-state index contributed by atoms with van der Waals surface area (Å²) < 4.78 is 5.33. The SMILES string of the molecule is CCOc1ccc(NC(=O)CN2C(=O)[C@@H](C)S[C@H](C)C2=O)cc1. The van der Waals surface area contributed by atoms with Crippen LogP contribution >= 0.6 is 11.8 Å². The highest BCUT2D eigenvalue weighted by Gasteiger charge is 2.37. The third-order valence-corrected chi connectivity index (χ3v) is 4.61. The highest BCUT2D eigenvalue weighted by atomic mass is 32.2. The molecule has 0 unspecified atom stereocenters. The molecule has 23 heavy (non-hydrogen) atoms. The van der Waals surface area contributed by atoms with E-state index in [1.807, 2.05) is 6.92 Å². The molecule has 1 aromatic rings. The lowest BCUT2D eigenvalue weighted by Gasteiger charge is -2.31. The van der Waals surface area contributed by atoms with Gasteiger partial charge < -0.3 is 10.1 Å². The number of ether oxygens (including phenoxy) is 1. The molecule has 7 heteroatoms. The monoisotopic (exact) mass is 336 g/mol. The van der Waals surface area contributed by atoms with Gasteiger partial charge in [0.1, 0.15) is 12.3 Å². The summed E-state index contributed by atoms with van der Waals surface area (Å²) in [5.74, 6) is -0.325. The number of nitrogens with one attached hydrogen (secondary N) is 1. The second kappa shape index (κ2) is 7.50. The Balaban J connectivity index is 1.98. The molecule has 1 heterocycles. The summed E-state index contributed by atoms with van der Waals surface area (Å²) in [6.07, 6.45) is 0. The van der Waals surface area contributed by atoms with Crippen molar-refractivity contribution in [1.82, 2.24) is 4.90 Å². The summed E-state index contributed by atoms with van der Waals surface area (Å²) in [4.78, 5) is 37.3. The number of nitrogens with zero attached hydrogens (tertiary/aromatic N) is 1. The molecule has 2 rings (SSSR count). The molecule has 0 spiro atoms. The topological polar surface area (TPSA) is 75.7 Å². The molecule has 1 aromatic carbocycles. The third kappa shape index (κ3) is 4.25. The van der Waals surface area contributed by atoms with Gasteiger partial charge >= 0.3 is 0 Å². The van der Waals surface area contributed by atoms with E-state index in [2.05, 4.69) is 5.32 Å². The van der Waals surface area contributed by atoms with Crippen molar-refractivity contribution in [1.29, 1.82) is 0 Å². The number of carbonyl (C=O) groups excluding carboxylic acids is 3. The van der Waals surface area contributed by atoms with Crippen LogP contribution < -0.4 is 10.1 Å². The second-order valence-electron chi connectivity index (χ2n) is 5.19. The van der Waals surface area contributed by atoms with Crippen LogP contribution in [0.15, 0.2) is 24.3 Å². The molecule has 0 aromatic heterocycles. The lowest BCUT2D eigenvalue weighted by Crippen LogP contribution is -2.52. The zero-order chi connectivity index (χ0) is 17.0. The van der Waals surface area contributed by atoms with Crippen molar-refractivity contribution in [3.63, 3.8) is 0 Å². The van der Waals surface area contributed by atoms with Crippen molar-refractivity contribution < 1.29 is 19.1 Å². The number of benzene rings is 1. The molecular weight excluding hydrogens is 316 g/mol. The van der Waals surface area contributed by atoms with E-state index in [1.54, 1.807) is 38.1 Å². The van der Waals surface area contributed by atoms with E-state index < -0.39 is 5.91 Å². The first-order chi connectivity index (χ1) is 10.9. The molecule has 1 aliphatic heterocycles. The Morgan fingerprint density at radius 3 is 2.26 bits per heavy atom. The zero-order valence-corrected chi connectivity index (χ0v) is 14.2. The van der Waals surface area contributed by atoms with Crippen LogP contribution in [0.2, 0.25) is 0 Å². The number of thioether (sulfide) groups is 1. The highest BCUT2D eigenvalue weighted by Crippen LogP contribution is 2.26. The molecule has 1 N–H and O–H groups in total. The number of hydrogen-bond donors (Lipinski definition) is 1. The Labute approximate surface area is 139 Å². The van der Waals surface area contributed by atoms with Crippen molar-refractivity contribution in [2.24, 2.45) is 0 Å². The van der Waals surface area contributed by atoms with Gasteiger partial charge in [-0.2, -0.15) is 0 Å². The maximum absolute atomic E-state index is 12.1. The van der Waals surface area contributed by atoms with Crippen LogP contribution in [0.5, 0.6) is 5.75 Å². The number of hydrogen-bond acceptors (Lipinski definition) is 5. The minimum Gasteiger partial charge on any atom is -0.494 e. The third-order valence-electron chi connectivity index (χ3n) is 3.39. The number of amides is 3. The van der Waals surface area contributed by atoms with Gasteiger partial charge in [0.25, 0.3) is 0 Å². The normalized spacial score (nSPS) is 21.3. The van der Waals surface area contributed by atoms with E-state index in [4.69, 9.17) is 4.74 Å². The van der Waals surface area contributed by atoms with E-state index in [1.165, 1.54) is 11.8 Å². The standard InChI is InChI=1S/C16H20N2O4S/c1-4-22-13-7-5-12(6-8-13)17-14(19)9-18-15(20)10(2)23-11(3)16(18)21/h5-8,10-11H,4,9H2,1-3H3,(H,17,19)/t10-,11-/m1/s1. The fourth-order valence-electron chi connectivity index (χ4n) is 2.27. The second-order valence-corrected chi connectivity index (χ2v) is 6.88. The first-order valence-electron chi connectivity index (χ1n) is 7.45. The van der Waals surface area contributed by atoms with Crippen LogP contribution in [0.1, 0.15) is 20.8 Å². The van der Waals surface area contributed by atoms with Crippen molar-refractivity contribution in [3.8, 4) is 5.75 Å². The average molecular weight is 336 g/mol. The molecular formula is C16H20N2O4S. The maximum atomic E-state index is 12.1. The van der Waals surface area contributed by atoms with Gasteiger partial charge in [-0.15, -0.1) is 11.8 Å². The summed E-state index contributed by atoms with van der Waals surface area (Å²) >= 11 is 1.31. The molecule has 0 radical (unpaired) electrons. The molecule has 0 aliphatic carbocycles. The summed E-state index contributed by atoms with van der Waals surface area (Å²) in [5, 5.41) is 2.04. The molecule has 1 aliphatic rings. The van der Waals surface area contributed by atoms with Crippen LogP contribution in [0.25, 0.3) is 0 Å². The first kappa shape index (κ1) is 17.3. The van der Waals surface area contributed by atoms with Crippen molar-refractivity contribution in [2.45, 2.75) is 31.3 Å². The largest absolute Gasteiger partial charge is 0.494 e. The van der Waals surface area contributed by atoms with E-state index >= 15 is 0 Å². The maximum Gasteiger partial charge on any atom is 0.244 e. The van der Waals surface area contributed by atoms with Gasteiger partial charge in [-0.3, -0.25) is 19.3 Å². The fourth-order valence-corrected chi connectivity index (χ4v) is 3.37. The van der Waals surface area contributed by atoms with Gasteiger partial charge in [0.15, 0.2) is 0 Å².